The number of imidazole rings is 1. The zero-order valence-corrected chi connectivity index (χ0v) is 66.7. The molecule has 34 nitrogen and oxygen atoms in total. The fourth-order valence-corrected chi connectivity index (χ4v) is 14.6. The Balaban J connectivity index is 1.26. The Labute approximate surface area is 673 Å². The number of carboxylic acids is 1. The van der Waals surface area contributed by atoms with Crippen molar-refractivity contribution in [2.45, 2.75) is 209 Å². The average Bonchev–Trinajstić information content (AvgIpc) is 1.70. The lowest BCUT2D eigenvalue weighted by molar-refractivity contribution is -0.139. The van der Waals surface area contributed by atoms with Crippen LogP contribution in [0.25, 0.3) is 11.0 Å². The minimum absolute atomic E-state index is 0.0224. The highest BCUT2D eigenvalue weighted by Crippen LogP contribution is 2.25. The molecule has 4 heterocycles. The number of ketones is 1. The summed E-state index contributed by atoms with van der Waals surface area (Å²) in [5, 5.41) is 80.0. The molecular weight excluding hydrogens is 1530 g/mol. The molecule has 6 aromatic rings. The van der Waals surface area contributed by atoms with Gasteiger partial charge in [0.25, 0.3) is 0 Å². The van der Waals surface area contributed by atoms with Gasteiger partial charge in [-0.05, 0) is 122 Å². The van der Waals surface area contributed by atoms with E-state index in [9.17, 15) is 83.1 Å². The number of benzene rings is 3. The van der Waals surface area contributed by atoms with Crippen LogP contribution in [0.3, 0.4) is 0 Å². The van der Waals surface area contributed by atoms with Crippen molar-refractivity contribution in [3.05, 3.63) is 143 Å². The summed E-state index contributed by atoms with van der Waals surface area (Å²) in [7, 11) is 0. The number of carbonyl (C=O) groups excluding carboxylic acids is 12. The lowest BCUT2D eigenvalue weighted by Gasteiger charge is -2.32. The van der Waals surface area contributed by atoms with Gasteiger partial charge in [0, 0.05) is 97.6 Å². The van der Waals surface area contributed by atoms with E-state index in [2.05, 4.69) is 73.1 Å². The second-order valence-corrected chi connectivity index (χ2v) is 31.7. The van der Waals surface area contributed by atoms with E-state index in [0.717, 1.165) is 11.1 Å². The molecule has 21 N–H and O–H groups in total. The van der Waals surface area contributed by atoms with Gasteiger partial charge in [0.2, 0.25) is 65.0 Å². The zero-order valence-electron chi connectivity index (χ0n) is 65.0. The number of carboxylic acid groups (broad SMARTS) is 1. The Hall–Kier alpha value is -11.0. The number of Topliss-reactive ketones (excluding diaryl/α,β-unsaturated/α-hetero) is 1. The number of aliphatic hydroxyl groups is 2. The second kappa shape index (κ2) is 44.6. The number of primary amides is 1. The summed E-state index contributed by atoms with van der Waals surface area (Å²) < 4.78 is 0. The van der Waals surface area contributed by atoms with E-state index in [1.54, 1.807) is 39.8 Å². The fraction of sp³-hybridized carbons (Fsp3) is 0.481. The number of hydrogen-bond acceptors (Lipinski definition) is 22. The third kappa shape index (κ3) is 29.1. The summed E-state index contributed by atoms with van der Waals surface area (Å²) in [5.41, 5.74) is 14.4. The number of H-pyrrole nitrogens is 2. The highest BCUT2D eigenvalue weighted by molar-refractivity contribution is 7.98. The van der Waals surface area contributed by atoms with Gasteiger partial charge in [-0.3, -0.25) is 62.3 Å². The van der Waals surface area contributed by atoms with Gasteiger partial charge in [0.1, 0.15) is 71.5 Å². The predicted octanol–water partition coefficient (Wildman–Crippen LogP) is 1.05. The van der Waals surface area contributed by atoms with Crippen LogP contribution >= 0.6 is 23.5 Å². The number of aromatic amines is 2. The Morgan fingerprint density at radius 1 is 0.583 bits per heavy atom. The summed E-state index contributed by atoms with van der Waals surface area (Å²) >= 11 is 2.69. The molecule has 3 aromatic heterocycles. The van der Waals surface area contributed by atoms with E-state index in [4.69, 9.17) is 11.5 Å². The van der Waals surface area contributed by atoms with Crippen molar-refractivity contribution >= 4 is 111 Å². The molecule has 0 spiro atoms. The number of phenols is 2. The quantitative estimate of drug-likeness (QED) is 0.0475. The summed E-state index contributed by atoms with van der Waals surface area (Å²) in [6.45, 7) is 9.40. The van der Waals surface area contributed by atoms with Crippen molar-refractivity contribution in [2.24, 2.45) is 22.8 Å². The van der Waals surface area contributed by atoms with Crippen LogP contribution in [0.5, 0.6) is 11.5 Å². The first-order valence-electron chi connectivity index (χ1n) is 38.0. The lowest BCUT2D eigenvalue weighted by Crippen LogP contribution is -2.63. The Bertz CT molecular complexity index is 4310. The third-order valence-corrected chi connectivity index (χ3v) is 21.3. The molecule has 0 saturated heterocycles. The smallest absolute Gasteiger partial charge is 0.303 e. The second-order valence-electron chi connectivity index (χ2n) is 29.6. The van der Waals surface area contributed by atoms with Crippen molar-refractivity contribution in [3.8, 4) is 11.5 Å². The van der Waals surface area contributed by atoms with Gasteiger partial charge in [0.05, 0.1) is 30.5 Å². The first-order chi connectivity index (χ1) is 54.7. The number of fused-ring (bicyclic) bond motifs is 3. The minimum atomic E-state index is -1.92. The molecule has 1 aliphatic rings. The molecule has 622 valence electrons. The summed E-state index contributed by atoms with van der Waals surface area (Å²) in [5.74, 6) is -13.2. The van der Waals surface area contributed by atoms with Crippen molar-refractivity contribution in [1.82, 2.24) is 73.1 Å². The molecule has 7 rings (SSSR count). The van der Waals surface area contributed by atoms with Crippen LogP contribution in [0.1, 0.15) is 133 Å². The molecule has 0 unspecified atom stereocenters. The monoisotopic (exact) mass is 1630 g/mol. The van der Waals surface area contributed by atoms with Crippen molar-refractivity contribution < 1.29 is 87.9 Å². The van der Waals surface area contributed by atoms with Crippen LogP contribution in [0.15, 0.2) is 110 Å². The van der Waals surface area contributed by atoms with Crippen molar-refractivity contribution in [2.75, 3.05) is 18.1 Å². The zero-order chi connectivity index (χ0) is 84.1. The maximum absolute atomic E-state index is 15.2. The van der Waals surface area contributed by atoms with Gasteiger partial charge in [-0.15, -0.1) is 0 Å². The minimum Gasteiger partial charge on any atom is -0.508 e. The number of aliphatic carboxylic acids is 1. The first kappa shape index (κ1) is 91.2. The van der Waals surface area contributed by atoms with Crippen LogP contribution in [0, 0.1) is 11.3 Å². The van der Waals surface area contributed by atoms with Crippen LogP contribution < -0.4 is 64.6 Å². The van der Waals surface area contributed by atoms with E-state index in [1.807, 2.05) is 24.3 Å². The molecule has 0 saturated carbocycles. The number of nitrogens with one attached hydrogen (secondary N) is 12. The number of nitrogens with two attached hydrogens (primary N) is 2. The number of aromatic nitrogens is 4. The number of hydrogen-bond donors (Lipinski definition) is 19. The number of phenolic OH excluding ortho intramolecular Hbond substituents is 2. The molecule has 3 aromatic carbocycles. The molecule has 2 bridgehead atoms. The van der Waals surface area contributed by atoms with E-state index in [-0.39, 0.29) is 81.6 Å². The number of aromatic hydroxyl groups is 2. The molecule has 13 atom stereocenters. The molecule has 1 aliphatic heterocycles. The lowest BCUT2D eigenvalue weighted by atomic mass is 9.85. The van der Waals surface area contributed by atoms with Crippen molar-refractivity contribution in [3.63, 3.8) is 0 Å². The summed E-state index contributed by atoms with van der Waals surface area (Å²) in [4.78, 5) is 201. The van der Waals surface area contributed by atoms with Gasteiger partial charge < -0.3 is 100 Å². The third-order valence-electron chi connectivity index (χ3n) is 19.1. The van der Waals surface area contributed by atoms with Gasteiger partial charge in [0.15, 0.2) is 5.78 Å². The number of nitrogens with zero attached hydrogens (tertiary/aromatic N) is 2. The summed E-state index contributed by atoms with van der Waals surface area (Å²) in [6.07, 6.45) is -0.283. The molecule has 11 amide bonds. The molecule has 0 fully saturated rings. The topological polar surface area (TPSA) is 553 Å². The number of amides is 11. The maximum atomic E-state index is 15.2. The van der Waals surface area contributed by atoms with Gasteiger partial charge in [-0.25, -0.2) is 9.97 Å². The molecule has 0 aliphatic carbocycles. The number of unbranched alkanes of at least 4 members (excludes halogenated alkanes) is 1. The Kier molecular flexibility index (Phi) is 35.4. The normalized spacial score (nSPS) is 23.4. The molecule has 115 heavy (non-hydrogen) atoms. The number of pyridine rings is 1. The number of thioether (sulfide) groups is 2. The van der Waals surface area contributed by atoms with E-state index < -0.39 is 180 Å². The van der Waals surface area contributed by atoms with Crippen LogP contribution in [-0.2, 0) is 99.5 Å². The molecule has 36 heteroatoms. The molecule has 0 radical (unpaired) electrons. The standard InChI is InChI=1S/C79H106N16O18S2/c1-7-12-55-63(100)36-54(43(2)96)70(105)93-62(68(81)104)41-115-40-48-14-10-13-47(31-48)39-114-30-27-64(101)94-67(79(4,5)6)78(113)92-59(33-46-19-23-52(99)24-20-46)74(109)90-61(35-50-38-82-42-85-50)76(111)95-66(44(3)97)77(112)91-60(34-49-37-84-69-53(49)15-11-29-83-69)75(110)87-56(16-8-9-28-80)71(106)88-57(25-26-65(102)103)72(107)89-58(73(108)86-55)32-45-17-21-51(98)22-18-45/h10-11,13-15,17-24,29,31,37-38,42-44,54-62,66-67,96-99H,7-9,12,16,25-28,30,32-36,39-41,80H2,1-6H3,(H2,81,104)(H,82,85)(H,83,84)(H,86,108)(H,87,110)(H,88,106)(H,89,107)(H,90,109)(H,91,112)(H,92,113)(H,93,105)(H,94,101)(H,95,111)(H,102,103)/t43-,44-,54+,55+,56+,57+,58+,59+,60+,61+,62+,66+,67-/m1/s1. The highest BCUT2D eigenvalue weighted by Gasteiger charge is 2.40. The van der Waals surface area contributed by atoms with E-state index in [0.29, 0.717) is 57.1 Å². The van der Waals surface area contributed by atoms with Crippen LogP contribution in [0.2, 0.25) is 0 Å². The highest BCUT2D eigenvalue weighted by atomic mass is 32.2. The SMILES string of the molecule is CCC[C@@H]1NC(=O)[C@H](Cc2ccc(O)cc2)NC(=O)[C@H](CCC(=O)O)NC(=O)[C@H](CCCCN)NC(=O)[C@H](Cc2c[nH]c3ncccc23)NC(=O)[C@H]([C@@H](C)O)NC(=O)[C@H](Cc2cnc[nH]2)NC(=O)[C@H](Cc2ccc(O)cc2)NC(=O)[C@H](C(C)(C)C)NC(=O)CCSCc2cccc(c2)CSC[C@@H](C(N)=O)NC(=O)[C@H]([C@@H](C)O)CC1=O. The maximum Gasteiger partial charge on any atom is 0.303 e. The van der Waals surface area contributed by atoms with Gasteiger partial charge in [-0.2, -0.15) is 23.5 Å². The van der Waals surface area contributed by atoms with Crippen LogP contribution in [0.4, 0.5) is 0 Å². The van der Waals surface area contributed by atoms with Gasteiger partial charge in [-0.1, -0.05) is 82.6 Å². The van der Waals surface area contributed by atoms with Crippen LogP contribution in [-0.4, -0.2) is 213 Å². The largest absolute Gasteiger partial charge is 0.508 e. The number of carbonyl (C=O) groups is 13. The van der Waals surface area contributed by atoms with Crippen molar-refractivity contribution in [1.29, 1.82) is 0 Å². The average molecular weight is 1630 g/mol. The fourth-order valence-electron chi connectivity index (χ4n) is 12.7. The predicted molar refractivity (Wildman–Crippen MR) is 428 cm³/mol. The number of rotatable bonds is 20. The van der Waals surface area contributed by atoms with E-state index in [1.165, 1.54) is 111 Å². The Morgan fingerprint density at radius 2 is 1.12 bits per heavy atom. The number of aliphatic hydroxyl groups excluding tert-OH is 2. The molecular formula is C79H106N16O18S2. The summed E-state index contributed by atoms with van der Waals surface area (Å²) in [6, 6.07) is 6.44. The van der Waals surface area contributed by atoms with Gasteiger partial charge >= 0.3 is 5.97 Å². The van der Waals surface area contributed by atoms with E-state index >= 15 is 4.79 Å². The first-order valence-corrected chi connectivity index (χ1v) is 40.3. The Morgan fingerprint density at radius 3 is 1.67 bits per heavy atom.